The second-order valence-corrected chi connectivity index (χ2v) is 16.6. The smallest absolute Gasteiger partial charge is 0.160 e. The summed E-state index contributed by atoms with van der Waals surface area (Å²) in [5.74, 6) is 0.690. The second kappa shape index (κ2) is 12.5. The van der Waals surface area contributed by atoms with Gasteiger partial charge < -0.3 is 4.42 Å². The Morgan fingerprint density at radius 1 is 0.441 bits per heavy atom. The predicted octanol–water partition coefficient (Wildman–Crippen LogP) is 15.2. The first-order valence-electron chi connectivity index (χ1n) is 20.1. The van der Waals surface area contributed by atoms with E-state index < -0.39 is 0 Å². The molecule has 0 spiro atoms. The van der Waals surface area contributed by atoms with Gasteiger partial charge in [0.15, 0.2) is 5.82 Å². The number of furan rings is 1. The van der Waals surface area contributed by atoms with E-state index in [1.54, 1.807) is 11.3 Å². The van der Waals surface area contributed by atoms with E-state index >= 15 is 0 Å². The molecule has 3 nitrogen and oxygen atoms in total. The molecule has 9 aromatic carbocycles. The van der Waals surface area contributed by atoms with Crippen LogP contribution >= 0.6 is 11.3 Å². The van der Waals surface area contributed by atoms with Crippen LogP contribution in [0, 0.1) is 0 Å². The van der Waals surface area contributed by atoms with Crippen molar-refractivity contribution < 1.29 is 4.42 Å². The van der Waals surface area contributed by atoms with Gasteiger partial charge in [-0.2, -0.15) is 0 Å². The molecule has 0 saturated heterocycles. The summed E-state index contributed by atoms with van der Waals surface area (Å²) in [6.45, 7) is 0. The molecule has 0 amide bonds. The zero-order chi connectivity index (χ0) is 38.6. The fourth-order valence-electron chi connectivity index (χ4n) is 9.77. The summed E-state index contributed by atoms with van der Waals surface area (Å²) in [5.41, 5.74) is 14.5. The molecule has 0 bridgehead atoms. The van der Waals surface area contributed by atoms with Gasteiger partial charge in [0.25, 0.3) is 0 Å². The molecule has 0 radical (unpaired) electrons. The normalized spacial score (nSPS) is 13.6. The molecule has 12 aromatic rings. The van der Waals surface area contributed by atoms with Gasteiger partial charge in [-0.1, -0.05) is 170 Å². The van der Waals surface area contributed by atoms with Gasteiger partial charge in [0.1, 0.15) is 11.2 Å². The number of nitrogens with zero attached hydrogens (tertiary/aromatic N) is 2. The van der Waals surface area contributed by atoms with Crippen molar-refractivity contribution in [2.75, 3.05) is 0 Å². The van der Waals surface area contributed by atoms with E-state index in [0.29, 0.717) is 5.82 Å². The van der Waals surface area contributed by atoms with Crippen molar-refractivity contribution in [3.05, 3.63) is 205 Å². The van der Waals surface area contributed by atoms with E-state index in [-0.39, 0.29) is 5.92 Å². The van der Waals surface area contributed by atoms with Gasteiger partial charge in [0.05, 0.1) is 15.9 Å². The maximum absolute atomic E-state index is 7.05. The quantitative estimate of drug-likeness (QED) is 0.167. The molecule has 4 heteroatoms. The van der Waals surface area contributed by atoms with Crippen LogP contribution < -0.4 is 0 Å². The summed E-state index contributed by atoms with van der Waals surface area (Å²) in [6.07, 6.45) is 0. The summed E-state index contributed by atoms with van der Waals surface area (Å²) in [6, 6.07) is 67.6. The fraction of sp³-hybridized carbons (Fsp3) is 0.0182. The lowest BCUT2D eigenvalue weighted by molar-refractivity contribution is 0.662. The van der Waals surface area contributed by atoms with Gasteiger partial charge in [-0.05, 0) is 73.1 Å². The Morgan fingerprint density at radius 2 is 1.07 bits per heavy atom. The lowest BCUT2D eigenvalue weighted by Gasteiger charge is -2.18. The standard InChI is InChI=1S/C55H32N2OS/c1-2-13-32(14-3-1)33-25-27-34(28-26-33)51-54-52(44-21-10-11-24-47(44)59-54)57-55(56-51)35-29-30-38-43-22-12-23-45(53(43)58-46(38)31-35)49-42-20-9-8-19-41(42)48-39-17-6-4-15-36(39)37-16-5-7-18-40(37)50(48)49/h1-31,49H. The van der Waals surface area contributed by atoms with Crippen molar-refractivity contribution in [3.63, 3.8) is 0 Å². The highest BCUT2D eigenvalue weighted by molar-refractivity contribution is 7.26. The van der Waals surface area contributed by atoms with Crippen molar-refractivity contribution in [2.24, 2.45) is 0 Å². The lowest BCUT2D eigenvalue weighted by atomic mass is 9.84. The Balaban J connectivity index is 0.998. The molecule has 13 rings (SSSR count). The molecule has 3 heterocycles. The minimum absolute atomic E-state index is 0.00730. The first-order valence-corrected chi connectivity index (χ1v) is 20.9. The monoisotopic (exact) mass is 768 g/mol. The van der Waals surface area contributed by atoms with Crippen LogP contribution in [0.15, 0.2) is 192 Å². The number of para-hydroxylation sites is 1. The highest BCUT2D eigenvalue weighted by Crippen LogP contribution is 2.55. The molecule has 0 saturated carbocycles. The molecule has 1 aliphatic carbocycles. The lowest BCUT2D eigenvalue weighted by Crippen LogP contribution is -2.01. The van der Waals surface area contributed by atoms with Gasteiger partial charge in [-0.15, -0.1) is 11.3 Å². The molecule has 0 fully saturated rings. The number of hydrogen-bond donors (Lipinski definition) is 0. The predicted molar refractivity (Wildman–Crippen MR) is 246 cm³/mol. The molecular weight excluding hydrogens is 737 g/mol. The van der Waals surface area contributed by atoms with Crippen molar-refractivity contribution >= 4 is 75.1 Å². The van der Waals surface area contributed by atoms with Crippen LogP contribution in [-0.4, -0.2) is 9.97 Å². The molecular formula is C55H32N2OS. The summed E-state index contributed by atoms with van der Waals surface area (Å²) >= 11 is 1.75. The number of aromatic nitrogens is 2. The third-order valence-electron chi connectivity index (χ3n) is 12.4. The van der Waals surface area contributed by atoms with Crippen LogP contribution in [-0.2, 0) is 0 Å². The number of rotatable bonds is 4. The minimum Gasteiger partial charge on any atom is -0.456 e. The van der Waals surface area contributed by atoms with Crippen molar-refractivity contribution in [2.45, 2.75) is 5.92 Å². The zero-order valence-electron chi connectivity index (χ0n) is 31.7. The molecule has 0 N–H and O–H groups in total. The van der Waals surface area contributed by atoms with Crippen LogP contribution in [0.1, 0.15) is 22.6 Å². The Labute approximate surface area is 343 Å². The van der Waals surface area contributed by atoms with Crippen LogP contribution in [0.2, 0.25) is 0 Å². The van der Waals surface area contributed by atoms with Crippen molar-refractivity contribution in [3.8, 4) is 44.9 Å². The Morgan fingerprint density at radius 3 is 1.92 bits per heavy atom. The SMILES string of the molecule is c1ccc(-c2ccc(-c3nc(-c4ccc5c(c4)oc4c(C6c7ccccc7-c7c6c6ccccc6c6ccccc76)cccc45)nc4c3sc3ccccc34)cc2)cc1. The maximum atomic E-state index is 7.05. The van der Waals surface area contributed by atoms with Crippen LogP contribution in [0.3, 0.4) is 0 Å². The first kappa shape index (κ1) is 32.7. The van der Waals surface area contributed by atoms with Gasteiger partial charge in [0.2, 0.25) is 0 Å². The summed E-state index contributed by atoms with van der Waals surface area (Å²) < 4.78 is 9.34. The molecule has 0 aliphatic heterocycles. The van der Waals surface area contributed by atoms with E-state index in [1.807, 2.05) is 0 Å². The molecule has 3 aromatic heterocycles. The second-order valence-electron chi connectivity index (χ2n) is 15.6. The van der Waals surface area contributed by atoms with Gasteiger partial charge >= 0.3 is 0 Å². The van der Waals surface area contributed by atoms with Gasteiger partial charge in [-0.25, -0.2) is 9.97 Å². The topological polar surface area (TPSA) is 38.9 Å². The largest absolute Gasteiger partial charge is 0.456 e. The third kappa shape index (κ3) is 4.81. The van der Waals surface area contributed by atoms with E-state index in [1.165, 1.54) is 65.2 Å². The van der Waals surface area contributed by atoms with E-state index in [2.05, 4.69) is 188 Å². The summed E-state index contributed by atoms with van der Waals surface area (Å²) in [7, 11) is 0. The van der Waals surface area contributed by atoms with Gasteiger partial charge in [0, 0.05) is 43.5 Å². The number of hydrogen-bond acceptors (Lipinski definition) is 4. The highest BCUT2D eigenvalue weighted by Gasteiger charge is 2.35. The van der Waals surface area contributed by atoms with E-state index in [0.717, 1.165) is 54.4 Å². The average molecular weight is 769 g/mol. The Kier molecular flexibility index (Phi) is 6.95. The van der Waals surface area contributed by atoms with Crippen LogP contribution in [0.25, 0.3) is 109 Å². The zero-order valence-corrected chi connectivity index (χ0v) is 32.5. The molecule has 59 heavy (non-hydrogen) atoms. The van der Waals surface area contributed by atoms with Crippen LogP contribution in [0.4, 0.5) is 0 Å². The number of fused-ring (bicyclic) bond motifs is 14. The summed E-state index contributed by atoms with van der Waals surface area (Å²) in [5, 5.41) is 8.48. The average Bonchev–Trinajstić information content (AvgIpc) is 3.99. The fourth-order valence-corrected chi connectivity index (χ4v) is 10.9. The van der Waals surface area contributed by atoms with Gasteiger partial charge in [-0.3, -0.25) is 0 Å². The van der Waals surface area contributed by atoms with E-state index in [9.17, 15) is 0 Å². The Bertz CT molecular complexity index is 3670. The Hall–Kier alpha value is -7.40. The van der Waals surface area contributed by atoms with E-state index in [4.69, 9.17) is 14.4 Å². The maximum Gasteiger partial charge on any atom is 0.160 e. The highest BCUT2D eigenvalue weighted by atomic mass is 32.1. The van der Waals surface area contributed by atoms with Crippen LogP contribution in [0.5, 0.6) is 0 Å². The summed E-state index contributed by atoms with van der Waals surface area (Å²) in [4.78, 5) is 10.6. The van der Waals surface area contributed by atoms with Crippen molar-refractivity contribution in [1.82, 2.24) is 9.97 Å². The molecule has 1 unspecified atom stereocenters. The van der Waals surface area contributed by atoms with Crippen molar-refractivity contribution in [1.29, 1.82) is 0 Å². The molecule has 1 aliphatic rings. The molecule has 274 valence electrons. The minimum atomic E-state index is 0.00730. The first-order chi connectivity index (χ1) is 29.3. The third-order valence-corrected chi connectivity index (χ3v) is 13.6. The number of benzene rings is 9. The molecule has 1 atom stereocenters. The number of thiophene rings is 1.